The van der Waals surface area contributed by atoms with E-state index in [0.717, 1.165) is 95.9 Å². The van der Waals surface area contributed by atoms with Crippen LogP contribution < -0.4 is 0 Å². The van der Waals surface area contributed by atoms with Crippen molar-refractivity contribution in [1.82, 2.24) is 19.6 Å². The number of morpholine rings is 4. The molecule has 0 saturated carbocycles. The van der Waals surface area contributed by atoms with Crippen molar-refractivity contribution in [2.24, 2.45) is 20.6 Å². The van der Waals surface area contributed by atoms with Gasteiger partial charge in [-0.15, -0.1) is 0 Å². The molecule has 0 radical (unpaired) electrons. The quantitative estimate of drug-likeness (QED) is 0.0550. The molecule has 8 aliphatic heterocycles. The van der Waals surface area contributed by atoms with Gasteiger partial charge in [-0.2, -0.15) is 0 Å². The Bertz CT molecular complexity index is 4680. The number of allylic oxidation sites excluding steroid dienone is 12. The highest BCUT2D eigenvalue weighted by Crippen LogP contribution is 2.35. The lowest BCUT2D eigenvalue weighted by Gasteiger charge is -2.35. The van der Waals surface area contributed by atoms with E-state index in [4.69, 9.17) is 104 Å². The predicted molar refractivity (Wildman–Crippen MR) is 548 cm³/mol. The number of aryl methyl sites for hydroxylation is 8. The maximum Gasteiger partial charge on any atom is 0.338 e. The van der Waals surface area contributed by atoms with Crippen LogP contribution in [0.25, 0.3) is 0 Å². The second-order valence-electron chi connectivity index (χ2n) is 36.6. The van der Waals surface area contributed by atoms with Crippen molar-refractivity contribution < 1.29 is 95.6 Å². The lowest BCUT2D eigenvalue weighted by molar-refractivity contribution is -0.148. The highest BCUT2D eigenvalue weighted by Gasteiger charge is 2.34. The first-order valence-electron chi connectivity index (χ1n) is 48.6. The molecule has 4 aromatic rings. The molecular formula is C108H140Cl4N8O20. The lowest BCUT2D eigenvalue weighted by atomic mass is 9.94. The average Bonchev–Trinajstić information content (AvgIpc) is 0.803. The van der Waals surface area contributed by atoms with Gasteiger partial charge in [-0.05, 0) is 279 Å². The summed E-state index contributed by atoms with van der Waals surface area (Å²) in [7, 11) is 0. The number of amides is 4. The van der Waals surface area contributed by atoms with Crippen molar-refractivity contribution in [2.75, 3.05) is 105 Å². The number of hydrogen-bond acceptors (Lipinski definition) is 24. The third-order valence-corrected chi connectivity index (χ3v) is 25.9. The van der Waals surface area contributed by atoms with Crippen molar-refractivity contribution in [1.29, 1.82) is 0 Å². The summed E-state index contributed by atoms with van der Waals surface area (Å²) < 4.78 is 44.9. The molecule has 8 atom stereocenters. The first-order valence-corrected chi connectivity index (χ1v) is 50.1. The van der Waals surface area contributed by atoms with E-state index in [-0.39, 0.29) is 125 Å². The van der Waals surface area contributed by atoms with Crippen LogP contribution in [0.1, 0.15) is 241 Å². The summed E-state index contributed by atoms with van der Waals surface area (Å²) in [6.45, 7) is 35.5. The fourth-order valence-corrected chi connectivity index (χ4v) is 18.4. The number of fused-ring (bicyclic) bond motifs is 4. The zero-order valence-electron chi connectivity index (χ0n) is 84.0. The molecule has 0 bridgehead atoms. The van der Waals surface area contributed by atoms with Gasteiger partial charge in [-0.25, -0.2) is 19.2 Å². The van der Waals surface area contributed by atoms with Crippen molar-refractivity contribution >= 4 is 117 Å². The van der Waals surface area contributed by atoms with E-state index >= 15 is 0 Å². The van der Waals surface area contributed by atoms with Gasteiger partial charge in [-0.1, -0.05) is 164 Å². The van der Waals surface area contributed by atoms with Gasteiger partial charge in [0.2, 0.25) is 0 Å². The van der Waals surface area contributed by atoms with Gasteiger partial charge >= 0.3 is 23.9 Å². The van der Waals surface area contributed by atoms with Gasteiger partial charge in [0.05, 0.1) is 120 Å². The molecule has 28 nitrogen and oxygen atoms in total. The fourth-order valence-electron chi connectivity index (χ4n) is 17.5. The van der Waals surface area contributed by atoms with Gasteiger partial charge in [0, 0.05) is 98.1 Å². The molecule has 8 unspecified atom stereocenters. The van der Waals surface area contributed by atoms with E-state index in [2.05, 4.69) is 44.9 Å². The van der Waals surface area contributed by atoms with Gasteiger partial charge in [0.25, 0.3) is 23.6 Å². The molecule has 4 amide bonds. The maximum atomic E-state index is 12.9. The zero-order chi connectivity index (χ0) is 101. The van der Waals surface area contributed by atoms with E-state index < -0.39 is 23.9 Å². The summed E-state index contributed by atoms with van der Waals surface area (Å²) in [5.74, 6) is -2.17. The Labute approximate surface area is 845 Å². The standard InChI is InChI=1S/4C27H35ClN2O5/c4*1-18-13-19(2)26(28)23-14-22(11-9-7-5-6-8-10-12-33-27(32)25(18)23)29-34-17-24(31)30-15-20(3)35-21(4)16-30/h4*6,8-9,11,13,20-21H,5,7,10,12,14-17H2,1-4H3/b2*8-6+,11-9+,29-22+;2*8-6+,11-9+,29-22-. The molecule has 0 aliphatic carbocycles. The monoisotopic (exact) mass is 2010 g/mol. The third kappa shape index (κ3) is 36.1. The van der Waals surface area contributed by atoms with Crippen LogP contribution in [0, 0.1) is 55.4 Å². The van der Waals surface area contributed by atoms with Crippen LogP contribution in [0.4, 0.5) is 0 Å². The van der Waals surface area contributed by atoms with E-state index in [0.29, 0.717) is 192 Å². The van der Waals surface area contributed by atoms with E-state index in [1.54, 1.807) is 19.6 Å². The van der Waals surface area contributed by atoms with Crippen molar-refractivity contribution in [3.8, 4) is 0 Å². The van der Waals surface area contributed by atoms with E-state index in [9.17, 15) is 38.4 Å². The Morgan fingerprint density at radius 3 is 0.636 bits per heavy atom. The Kier molecular flexibility index (Phi) is 46.9. The molecule has 4 aromatic carbocycles. The summed E-state index contributed by atoms with van der Waals surface area (Å²) >= 11 is 26.7. The van der Waals surface area contributed by atoms with Crippen LogP contribution in [0.2, 0.25) is 20.1 Å². The molecular weight excluding hydrogens is 1870 g/mol. The molecule has 32 heteroatoms. The Morgan fingerprint density at radius 2 is 0.450 bits per heavy atom. The number of ether oxygens (including phenoxy) is 8. The van der Waals surface area contributed by atoms with Crippen LogP contribution in [0.3, 0.4) is 0 Å². The summed E-state index contributed by atoms with van der Waals surface area (Å²) in [5.41, 5.74) is 13.4. The summed E-state index contributed by atoms with van der Waals surface area (Å²) in [5, 5.41) is 19.1. The van der Waals surface area contributed by atoms with Crippen LogP contribution in [-0.4, -0.2) is 244 Å². The number of cyclic esters (lactones) is 4. The normalized spacial score (nSPS) is 24.8. The predicted octanol–water partition coefficient (Wildman–Crippen LogP) is 19.8. The molecule has 4 fully saturated rings. The molecule has 760 valence electrons. The molecule has 0 spiro atoms. The number of hydrogen-bond donors (Lipinski definition) is 0. The highest BCUT2D eigenvalue weighted by atomic mass is 35.5. The minimum Gasteiger partial charge on any atom is -0.462 e. The number of halogens is 4. The van der Waals surface area contributed by atoms with Crippen LogP contribution in [0.5, 0.6) is 0 Å². The van der Waals surface area contributed by atoms with E-state index in [1.807, 2.05) is 208 Å². The number of oxime groups is 4. The molecule has 8 aliphatic rings. The second-order valence-corrected chi connectivity index (χ2v) is 38.1. The van der Waals surface area contributed by atoms with Crippen LogP contribution in [0.15, 0.2) is 142 Å². The summed E-state index contributed by atoms with van der Waals surface area (Å²) in [6.07, 6.45) is 42.2. The Hall–Kier alpha value is -10.6. The van der Waals surface area contributed by atoms with Gasteiger partial charge < -0.3 is 76.8 Å². The third-order valence-electron chi connectivity index (χ3n) is 23.8. The topological polar surface area (TPSA) is 310 Å². The maximum absolute atomic E-state index is 12.9. The number of carbonyl (C=O) groups excluding carboxylic acids is 8. The van der Waals surface area contributed by atoms with Crippen LogP contribution in [-0.2, 0) is 102 Å². The van der Waals surface area contributed by atoms with Gasteiger partial charge in [-0.3, -0.25) is 19.2 Å². The van der Waals surface area contributed by atoms with E-state index in [1.165, 1.54) is 0 Å². The molecule has 0 aromatic heterocycles. The minimum absolute atomic E-state index is 0.0181. The molecule has 12 rings (SSSR count). The first-order chi connectivity index (χ1) is 67.0. The zero-order valence-corrected chi connectivity index (χ0v) is 87.1. The largest absolute Gasteiger partial charge is 0.462 e. The highest BCUT2D eigenvalue weighted by molar-refractivity contribution is 6.34. The molecule has 8 heterocycles. The SMILES string of the molecule is Cc1cc(C)c2c(c1Cl)CC(=N/OCC(=O)N1CC(C)OC(C)C1)/C=C/CC/C=C/CCOC2=O.Cc1cc(C)c2c(c1Cl)CC(=N/OCC(=O)N1CC(C)OC(C)C1)/C=C/CC/C=C/CCOC2=O.Cc1cc(C)c2c(c1Cl)CC(=N\OCC(=O)N1CC(C)OC(C)C1)/C=C/CC/C=C/CCOC2=O.Cc1cc(C)c2c(c1Cl)CC(=N\OCC(=O)N1CC(C)OC(C)C1)/C=C/CC/C=C/CCOC2=O. The van der Waals surface area contributed by atoms with Gasteiger partial charge in [0.15, 0.2) is 26.4 Å². The smallest absolute Gasteiger partial charge is 0.338 e. The number of benzene rings is 4. The fraction of sp³-hybridized carbons (Fsp3) is 0.519. The summed E-state index contributed by atoms with van der Waals surface area (Å²) in [6, 6.07) is 7.55. The molecule has 0 N–H and O–H groups in total. The second kappa shape index (κ2) is 58.1. The number of nitrogens with zero attached hydrogens (tertiary/aromatic N) is 8. The number of rotatable bonds is 12. The minimum atomic E-state index is -0.403. The molecule has 4 saturated heterocycles. The first kappa shape index (κ1) is 113. The van der Waals surface area contributed by atoms with Crippen LogP contribution >= 0.6 is 46.4 Å². The van der Waals surface area contributed by atoms with Crippen molar-refractivity contribution in [2.45, 2.75) is 262 Å². The number of carbonyl (C=O) groups is 8. The Morgan fingerprint density at radius 1 is 0.279 bits per heavy atom. The van der Waals surface area contributed by atoms with Gasteiger partial charge in [0.1, 0.15) is 0 Å². The summed E-state index contributed by atoms with van der Waals surface area (Å²) in [4.78, 5) is 131. The van der Waals surface area contributed by atoms with Crippen molar-refractivity contribution in [3.05, 3.63) is 231 Å². The number of esters is 4. The van der Waals surface area contributed by atoms with Crippen molar-refractivity contribution in [3.63, 3.8) is 0 Å². The average molecular weight is 2010 g/mol. The molecule has 140 heavy (non-hydrogen) atoms. The Balaban J connectivity index is 0.000000209. The lowest BCUT2D eigenvalue weighted by Crippen LogP contribution is -2.49.